The zero-order valence-corrected chi connectivity index (χ0v) is 13.3. The van der Waals surface area contributed by atoms with E-state index in [-0.39, 0.29) is 36.0 Å². The van der Waals surface area contributed by atoms with Gasteiger partial charge in [-0.25, -0.2) is 9.78 Å². The first kappa shape index (κ1) is 16.7. The summed E-state index contributed by atoms with van der Waals surface area (Å²) in [5.74, 6) is -1.28. The molecular weight excluding hydrogens is 302 g/mol. The molecule has 1 amide bonds. The Morgan fingerprint density at radius 3 is 2.61 bits per heavy atom. The van der Waals surface area contributed by atoms with Crippen molar-refractivity contribution in [1.82, 2.24) is 24.5 Å². The second kappa shape index (κ2) is 7.03. The summed E-state index contributed by atoms with van der Waals surface area (Å²) < 4.78 is 5.97. The van der Waals surface area contributed by atoms with Crippen molar-refractivity contribution in [1.29, 1.82) is 0 Å². The highest BCUT2D eigenvalue weighted by Gasteiger charge is 2.26. The largest absolute Gasteiger partial charge is 0.492 e. The average Bonchev–Trinajstić information content (AvgIpc) is 2.97. The van der Waals surface area contributed by atoms with Crippen molar-refractivity contribution in [2.24, 2.45) is 0 Å². The minimum Gasteiger partial charge on any atom is -0.492 e. The molecular formula is C14H19N5O4. The predicted octanol–water partition coefficient (Wildman–Crippen LogP) is 0.418. The first-order valence-electron chi connectivity index (χ1n) is 7.39. The lowest BCUT2D eigenvalue weighted by Crippen LogP contribution is -2.32. The van der Waals surface area contributed by atoms with E-state index in [0.29, 0.717) is 13.1 Å². The summed E-state index contributed by atoms with van der Waals surface area (Å²) in [6, 6.07) is 0. The molecule has 2 rings (SSSR count). The minimum absolute atomic E-state index is 0.109. The molecule has 2 aromatic heterocycles. The first-order chi connectivity index (χ1) is 11.0. The van der Waals surface area contributed by atoms with Gasteiger partial charge in [-0.2, -0.15) is 14.6 Å². The third-order valence-electron chi connectivity index (χ3n) is 3.39. The first-order valence-corrected chi connectivity index (χ1v) is 7.39. The van der Waals surface area contributed by atoms with Crippen LogP contribution >= 0.6 is 0 Å². The second-order valence-electron chi connectivity index (χ2n) is 4.69. The molecule has 23 heavy (non-hydrogen) atoms. The zero-order chi connectivity index (χ0) is 17.0. The fourth-order valence-electron chi connectivity index (χ4n) is 2.24. The predicted molar refractivity (Wildman–Crippen MR) is 80.0 cm³/mol. The second-order valence-corrected chi connectivity index (χ2v) is 4.69. The van der Waals surface area contributed by atoms with Gasteiger partial charge < -0.3 is 14.7 Å². The van der Waals surface area contributed by atoms with Crippen LogP contribution in [0, 0.1) is 0 Å². The van der Waals surface area contributed by atoms with Crippen molar-refractivity contribution in [3.8, 4) is 5.88 Å². The number of amides is 1. The lowest BCUT2D eigenvalue weighted by molar-refractivity contribution is -0.130. The number of aromatic hydroxyl groups is 1. The molecule has 0 fully saturated rings. The molecule has 9 heteroatoms. The highest BCUT2D eigenvalue weighted by atomic mass is 16.5. The van der Waals surface area contributed by atoms with Gasteiger partial charge in [0.15, 0.2) is 0 Å². The number of rotatable bonds is 6. The maximum atomic E-state index is 12.3. The topological polar surface area (TPSA) is 110 Å². The lowest BCUT2D eigenvalue weighted by Gasteiger charge is -2.19. The smallest absolute Gasteiger partial charge is 0.345 e. The average molecular weight is 321 g/mol. The van der Waals surface area contributed by atoms with Crippen molar-refractivity contribution in [2.45, 2.75) is 27.2 Å². The van der Waals surface area contributed by atoms with E-state index in [1.807, 2.05) is 13.8 Å². The van der Waals surface area contributed by atoms with Gasteiger partial charge in [-0.05, 0) is 20.8 Å². The molecule has 0 aliphatic carbocycles. The van der Waals surface area contributed by atoms with Gasteiger partial charge in [0.25, 0.3) is 5.78 Å². The normalized spacial score (nSPS) is 10.7. The van der Waals surface area contributed by atoms with Crippen LogP contribution in [-0.4, -0.2) is 61.2 Å². The molecule has 0 spiro atoms. The highest BCUT2D eigenvalue weighted by molar-refractivity contribution is 5.95. The Hall–Kier alpha value is -2.71. The van der Waals surface area contributed by atoms with Crippen LogP contribution in [0.1, 0.15) is 36.8 Å². The molecule has 1 N–H and O–H groups in total. The van der Waals surface area contributed by atoms with E-state index in [0.717, 1.165) is 4.52 Å². The number of fused-ring (bicyclic) bond motifs is 1. The maximum Gasteiger partial charge on any atom is 0.345 e. The van der Waals surface area contributed by atoms with Crippen LogP contribution in [0.4, 0.5) is 0 Å². The van der Waals surface area contributed by atoms with Crippen molar-refractivity contribution in [3.63, 3.8) is 0 Å². The van der Waals surface area contributed by atoms with E-state index in [4.69, 9.17) is 4.74 Å². The van der Waals surface area contributed by atoms with Gasteiger partial charge in [-0.3, -0.25) is 4.79 Å². The van der Waals surface area contributed by atoms with Crippen molar-refractivity contribution < 1.29 is 19.4 Å². The Bertz CT molecular complexity index is 723. The number of carbonyl (C=O) groups is 2. The monoisotopic (exact) mass is 321 g/mol. The van der Waals surface area contributed by atoms with Crippen LogP contribution in [0.15, 0.2) is 6.33 Å². The van der Waals surface area contributed by atoms with Gasteiger partial charge in [0, 0.05) is 13.1 Å². The summed E-state index contributed by atoms with van der Waals surface area (Å²) in [5, 5.41) is 14.1. The molecule has 124 valence electrons. The molecule has 9 nitrogen and oxygen atoms in total. The SMILES string of the molecule is CCOC(=O)c1c(CC(=O)N(CC)CC)nc2ncnn2c1O. The fourth-order valence-corrected chi connectivity index (χ4v) is 2.24. The van der Waals surface area contributed by atoms with E-state index < -0.39 is 11.8 Å². The number of ether oxygens (including phenoxy) is 1. The standard InChI is InChI=1S/C14H19N5O4/c1-4-18(5-2)10(20)7-9-11(13(22)23-6-3)12(21)19-14(17-9)15-8-16-19/h8,21H,4-7H2,1-3H3. The van der Waals surface area contributed by atoms with E-state index >= 15 is 0 Å². The van der Waals surface area contributed by atoms with Crippen LogP contribution in [0.5, 0.6) is 5.88 Å². The van der Waals surface area contributed by atoms with Gasteiger partial charge in [0.2, 0.25) is 11.8 Å². The number of nitrogens with zero attached hydrogens (tertiary/aromatic N) is 5. The molecule has 0 saturated heterocycles. The molecule has 0 atom stereocenters. The van der Waals surface area contributed by atoms with Crippen LogP contribution < -0.4 is 0 Å². The molecule has 0 bridgehead atoms. The van der Waals surface area contributed by atoms with Crippen LogP contribution in [0.3, 0.4) is 0 Å². The summed E-state index contributed by atoms with van der Waals surface area (Å²) in [4.78, 5) is 34.1. The third-order valence-corrected chi connectivity index (χ3v) is 3.39. The van der Waals surface area contributed by atoms with Crippen LogP contribution in [-0.2, 0) is 16.0 Å². The van der Waals surface area contributed by atoms with Crippen molar-refractivity contribution in [3.05, 3.63) is 17.6 Å². The van der Waals surface area contributed by atoms with Crippen molar-refractivity contribution >= 4 is 17.7 Å². The summed E-state index contributed by atoms with van der Waals surface area (Å²) in [5.41, 5.74) is -0.0382. The molecule has 0 aromatic carbocycles. The van der Waals surface area contributed by atoms with E-state index in [1.165, 1.54) is 6.33 Å². The third kappa shape index (κ3) is 3.22. The number of carbonyl (C=O) groups excluding carboxylic acids is 2. The molecule has 0 unspecified atom stereocenters. The fraction of sp³-hybridized carbons (Fsp3) is 0.500. The molecule has 0 aliphatic heterocycles. The minimum atomic E-state index is -0.753. The van der Waals surface area contributed by atoms with E-state index in [1.54, 1.807) is 11.8 Å². The molecule has 0 radical (unpaired) electrons. The summed E-state index contributed by atoms with van der Waals surface area (Å²) >= 11 is 0. The number of esters is 1. The van der Waals surface area contributed by atoms with E-state index in [9.17, 15) is 14.7 Å². The Morgan fingerprint density at radius 1 is 1.30 bits per heavy atom. The van der Waals surface area contributed by atoms with Crippen molar-refractivity contribution in [2.75, 3.05) is 19.7 Å². The van der Waals surface area contributed by atoms with Gasteiger partial charge in [-0.15, -0.1) is 0 Å². The molecule has 2 aromatic rings. The molecule has 0 saturated carbocycles. The maximum absolute atomic E-state index is 12.3. The van der Waals surface area contributed by atoms with Gasteiger partial charge in [0.1, 0.15) is 11.9 Å². The number of aromatic nitrogens is 4. The Labute approximate surface area is 132 Å². The van der Waals surface area contributed by atoms with Gasteiger partial charge >= 0.3 is 5.97 Å². The lowest BCUT2D eigenvalue weighted by atomic mass is 10.1. The molecule has 0 aliphatic rings. The number of likely N-dealkylation sites (N-methyl/N-ethyl adjacent to an activating group) is 1. The Kier molecular flexibility index (Phi) is 5.09. The van der Waals surface area contributed by atoms with Gasteiger partial charge in [-0.1, -0.05) is 0 Å². The number of hydrogen-bond acceptors (Lipinski definition) is 7. The van der Waals surface area contributed by atoms with E-state index in [2.05, 4.69) is 15.1 Å². The zero-order valence-electron chi connectivity index (χ0n) is 13.3. The molecule has 2 heterocycles. The van der Waals surface area contributed by atoms with Gasteiger partial charge in [0.05, 0.1) is 18.7 Å². The number of hydrogen-bond donors (Lipinski definition) is 1. The Morgan fingerprint density at radius 2 is 2.00 bits per heavy atom. The summed E-state index contributed by atoms with van der Waals surface area (Å²) in [6.45, 7) is 6.60. The quantitative estimate of drug-likeness (QED) is 0.768. The van der Waals surface area contributed by atoms with Crippen LogP contribution in [0.2, 0.25) is 0 Å². The van der Waals surface area contributed by atoms with Crippen LogP contribution in [0.25, 0.3) is 5.78 Å². The summed E-state index contributed by atoms with van der Waals surface area (Å²) in [6.07, 6.45) is 1.07. The summed E-state index contributed by atoms with van der Waals surface area (Å²) in [7, 11) is 0. The highest BCUT2D eigenvalue weighted by Crippen LogP contribution is 2.22. The Balaban J connectivity index is 2.49.